The number of aliphatic hydroxyl groups is 3. The van der Waals surface area contributed by atoms with Crippen molar-refractivity contribution in [2.45, 2.75) is 134 Å². The number of hydrogen-bond acceptors (Lipinski definition) is 17. The van der Waals surface area contributed by atoms with Gasteiger partial charge in [-0.05, 0) is 71.2 Å². The van der Waals surface area contributed by atoms with Crippen LogP contribution >= 0.6 is 34.2 Å². The first-order valence-electron chi connectivity index (χ1n) is 23.0. The molecule has 21 heteroatoms. The molecule has 0 saturated carbocycles. The third kappa shape index (κ3) is 20.7. The van der Waals surface area contributed by atoms with E-state index in [-0.39, 0.29) is 67.4 Å². The van der Waals surface area contributed by atoms with Crippen molar-refractivity contribution in [2.24, 2.45) is 17.8 Å². The first kappa shape index (κ1) is 60.5. The molecule has 2 aromatic rings. The lowest BCUT2D eigenvalue weighted by Crippen LogP contribution is -2.56. The summed E-state index contributed by atoms with van der Waals surface area (Å²) in [7, 11) is 4.40. The molecule has 0 saturated heterocycles. The summed E-state index contributed by atoms with van der Waals surface area (Å²) >= 11 is 4.27. The highest BCUT2D eigenvalue weighted by Gasteiger charge is 2.36. The summed E-state index contributed by atoms with van der Waals surface area (Å²) < 4.78 is -0.312. The number of nitrogens with one attached hydrogen (secondary N) is 7. The molecule has 2 rings (SSSR count). The van der Waals surface area contributed by atoms with Crippen LogP contribution in [0.3, 0.4) is 0 Å². The third-order valence-corrected chi connectivity index (χ3v) is 15.4. The normalized spacial score (nSPS) is 15.9. The van der Waals surface area contributed by atoms with Crippen LogP contribution < -0.4 is 31.9 Å². The Morgan fingerprint density at radius 1 is 0.853 bits per heavy atom. The van der Waals surface area contributed by atoms with Gasteiger partial charge in [0.1, 0.15) is 29.8 Å². The zero-order valence-electron chi connectivity index (χ0n) is 40.8. The molecule has 68 heavy (non-hydrogen) atoms. The standard InChI is InChI=1S/C47H75N7O11S3/c1-26(2)41(60)43(62)40(67-68-47(6,7)8)19-30(14-15-33(58)22-51-35(29(5)57)16-17-48-9)44(63)53-37(18-31-20-50-36-13-11-10-12-34(31)36)46(65)54-38(25-66)45(64)52-23-39(59)42(61)27(3)49-21-32(24-55)28(4)56/h10-13,20,26-28,30,32,35,37-38,40-41,48-51,55-56,60,66H,14-19,21-25H2,1-9H3,(H,52,64)(H,53,63)(H,54,65)/t27-,28+,30+,32+,35-,37-,38-,40?,41-/m0/s1. The first-order valence-corrected chi connectivity index (χ1v) is 25.9. The molecule has 9 atom stereocenters. The van der Waals surface area contributed by atoms with Crippen molar-refractivity contribution in [1.29, 1.82) is 0 Å². The molecule has 3 amide bonds. The molecular formula is C47H75N7O11S3. The van der Waals surface area contributed by atoms with E-state index in [2.05, 4.69) is 49.5 Å². The van der Waals surface area contributed by atoms with Gasteiger partial charge in [0.15, 0.2) is 5.78 Å². The molecule has 0 radical (unpaired) electrons. The predicted octanol–water partition coefficient (Wildman–Crippen LogP) is 1.48. The number of H-pyrrole nitrogens is 1. The minimum atomic E-state index is -1.33. The molecule has 18 nitrogen and oxygen atoms in total. The number of aromatic nitrogens is 1. The predicted molar refractivity (Wildman–Crippen MR) is 270 cm³/mol. The zero-order valence-corrected chi connectivity index (χ0v) is 43.3. The van der Waals surface area contributed by atoms with Gasteiger partial charge in [-0.15, -0.1) is 0 Å². The van der Waals surface area contributed by atoms with Crippen molar-refractivity contribution >= 4 is 91.8 Å². The van der Waals surface area contributed by atoms with E-state index in [1.165, 1.54) is 42.4 Å². The molecule has 1 heterocycles. The number of aromatic amines is 1. The third-order valence-electron chi connectivity index (χ3n) is 11.3. The molecule has 1 aromatic carbocycles. The lowest BCUT2D eigenvalue weighted by molar-refractivity contribution is -0.138. The van der Waals surface area contributed by atoms with Gasteiger partial charge in [-0.2, -0.15) is 12.6 Å². The zero-order chi connectivity index (χ0) is 51.3. The number of carbonyl (C=O) groups excluding carboxylic acids is 8. The average molecular weight is 1010 g/mol. The number of fused-ring (bicyclic) bond motifs is 1. The summed E-state index contributed by atoms with van der Waals surface area (Å²) in [6, 6.07) is 3.12. The second-order valence-electron chi connectivity index (χ2n) is 18.5. The molecule has 382 valence electrons. The largest absolute Gasteiger partial charge is 0.396 e. The first-order chi connectivity index (χ1) is 31.9. The molecule has 0 spiro atoms. The highest BCUT2D eigenvalue weighted by molar-refractivity contribution is 8.77. The van der Waals surface area contributed by atoms with Gasteiger partial charge in [-0.3, -0.25) is 38.4 Å². The van der Waals surface area contributed by atoms with E-state index in [4.69, 9.17) is 0 Å². The van der Waals surface area contributed by atoms with Crippen molar-refractivity contribution in [3.05, 3.63) is 36.0 Å². The molecule has 0 aliphatic heterocycles. The Balaban J connectivity index is 2.45. The van der Waals surface area contributed by atoms with Crippen LogP contribution in [0.5, 0.6) is 0 Å². The minimum Gasteiger partial charge on any atom is -0.396 e. The van der Waals surface area contributed by atoms with Gasteiger partial charge < -0.3 is 52.2 Å². The highest BCUT2D eigenvalue weighted by atomic mass is 33.1. The molecule has 0 fully saturated rings. The number of benzene rings is 1. The summed E-state index contributed by atoms with van der Waals surface area (Å²) in [5.41, 5.74) is 1.42. The lowest BCUT2D eigenvalue weighted by atomic mass is 9.90. The Morgan fingerprint density at radius 2 is 1.51 bits per heavy atom. The van der Waals surface area contributed by atoms with E-state index < -0.39 is 101 Å². The number of amides is 3. The second-order valence-corrected chi connectivity index (χ2v) is 22.1. The Morgan fingerprint density at radius 3 is 2.10 bits per heavy atom. The number of carbonyl (C=O) groups is 8. The van der Waals surface area contributed by atoms with E-state index >= 15 is 0 Å². The maximum Gasteiger partial charge on any atom is 0.243 e. The van der Waals surface area contributed by atoms with E-state index in [0.29, 0.717) is 18.5 Å². The number of ketones is 5. The van der Waals surface area contributed by atoms with Gasteiger partial charge in [0.25, 0.3) is 0 Å². The van der Waals surface area contributed by atoms with Gasteiger partial charge in [0, 0.05) is 65.4 Å². The van der Waals surface area contributed by atoms with Crippen molar-refractivity contribution in [3.8, 4) is 0 Å². The number of rotatable bonds is 34. The lowest BCUT2D eigenvalue weighted by Gasteiger charge is -2.28. The quantitative estimate of drug-likeness (QED) is 0.0269. The van der Waals surface area contributed by atoms with Gasteiger partial charge in [0.2, 0.25) is 29.3 Å². The van der Waals surface area contributed by atoms with Crippen molar-refractivity contribution < 1.29 is 53.7 Å². The van der Waals surface area contributed by atoms with Crippen LogP contribution in [-0.4, -0.2) is 159 Å². The number of Topliss-reactive ketones (excluding diaryl/α,β-unsaturated/α-hetero) is 5. The van der Waals surface area contributed by atoms with Crippen molar-refractivity contribution in [2.75, 3.05) is 45.6 Å². The fourth-order valence-corrected chi connectivity index (χ4v) is 9.79. The van der Waals surface area contributed by atoms with Crippen molar-refractivity contribution in [1.82, 2.24) is 36.9 Å². The highest BCUT2D eigenvalue weighted by Crippen LogP contribution is 2.41. The van der Waals surface area contributed by atoms with Gasteiger partial charge >= 0.3 is 0 Å². The maximum absolute atomic E-state index is 14.7. The topological polar surface area (TPSA) is 285 Å². The number of thiol groups is 1. The number of para-hydroxylation sites is 1. The van der Waals surface area contributed by atoms with Crippen LogP contribution in [0.15, 0.2) is 30.5 Å². The SMILES string of the molecule is CNCC[C@H](NCC(=O)CC[C@H](CC(SSC(C)(C)C)C(=O)[C@@H](O)C(C)C)C(=O)N[C@@H](Cc1c[nH]c2ccccc12)C(=O)N[C@@H](CS)C(=O)NCC(=O)C(=O)[C@H](C)NC[C@H](CO)[C@@H](C)O)C(C)=O. The van der Waals surface area contributed by atoms with Gasteiger partial charge in [0.05, 0.1) is 36.5 Å². The number of aliphatic hydroxyl groups excluding tert-OH is 3. The van der Waals surface area contributed by atoms with Crippen LogP contribution in [-0.2, 0) is 44.8 Å². The monoisotopic (exact) mass is 1010 g/mol. The Kier molecular flexibility index (Phi) is 26.8. The average Bonchev–Trinajstić information content (AvgIpc) is 3.70. The summed E-state index contributed by atoms with van der Waals surface area (Å²) in [6.45, 7) is 13.1. The minimum absolute atomic E-state index is 0.0392. The van der Waals surface area contributed by atoms with Crippen LogP contribution in [0.2, 0.25) is 0 Å². The molecule has 0 aliphatic rings. The summed E-state index contributed by atoms with van der Waals surface area (Å²) in [6.07, 6.45) is -0.353. The summed E-state index contributed by atoms with van der Waals surface area (Å²) in [5, 5.41) is 46.7. The summed E-state index contributed by atoms with van der Waals surface area (Å²) in [4.78, 5) is 111. The fourth-order valence-electron chi connectivity index (χ4n) is 6.85. The van der Waals surface area contributed by atoms with Gasteiger partial charge in [-0.25, -0.2) is 0 Å². The smallest absolute Gasteiger partial charge is 0.243 e. The second kappa shape index (κ2) is 30.2. The Labute approximate surface area is 413 Å². The van der Waals surface area contributed by atoms with Crippen LogP contribution in [0.4, 0.5) is 0 Å². The molecule has 0 bridgehead atoms. The van der Waals surface area contributed by atoms with E-state index in [1.807, 2.05) is 45.0 Å². The maximum atomic E-state index is 14.7. The molecule has 1 aromatic heterocycles. The van der Waals surface area contributed by atoms with Crippen LogP contribution in [0.1, 0.15) is 86.6 Å². The molecule has 1 unspecified atom stereocenters. The Bertz CT molecular complexity index is 1990. The molecule has 10 N–H and O–H groups in total. The molecular weight excluding hydrogens is 935 g/mol. The van der Waals surface area contributed by atoms with Crippen molar-refractivity contribution in [3.63, 3.8) is 0 Å². The summed E-state index contributed by atoms with van der Waals surface area (Å²) in [5.74, 6) is -7.22. The number of hydrogen-bond donors (Lipinski definition) is 11. The van der Waals surface area contributed by atoms with Gasteiger partial charge in [-0.1, -0.05) is 74.4 Å². The van der Waals surface area contributed by atoms with E-state index in [1.54, 1.807) is 27.1 Å². The molecule has 0 aliphatic carbocycles. The van der Waals surface area contributed by atoms with E-state index in [0.717, 1.165) is 10.9 Å². The Hall–Kier alpha value is -3.67. The van der Waals surface area contributed by atoms with E-state index in [9.17, 15) is 53.7 Å². The fraction of sp³-hybridized carbons (Fsp3) is 0.660. The van der Waals surface area contributed by atoms with Crippen LogP contribution in [0.25, 0.3) is 10.9 Å². The van der Waals surface area contributed by atoms with Crippen LogP contribution in [0, 0.1) is 17.8 Å².